The number of hydrazine groups is 1. The molecular formula is C23H23ClN4O4S. The summed E-state index contributed by atoms with van der Waals surface area (Å²) in [6, 6.07) is 10.7. The molecule has 3 aromatic rings. The highest BCUT2D eigenvalue weighted by Crippen LogP contribution is 2.38. The first-order chi connectivity index (χ1) is 16.1. The van der Waals surface area contributed by atoms with Crippen molar-refractivity contribution in [3.8, 4) is 23.0 Å². The molecule has 2 aromatic carbocycles. The van der Waals surface area contributed by atoms with E-state index < -0.39 is 0 Å². The lowest BCUT2D eigenvalue weighted by Crippen LogP contribution is -2.42. The van der Waals surface area contributed by atoms with Gasteiger partial charge < -0.3 is 19.5 Å². The third kappa shape index (κ3) is 5.47. The number of pyridine rings is 1. The van der Waals surface area contributed by atoms with Crippen LogP contribution in [-0.2, 0) is 4.79 Å². The zero-order valence-corrected chi connectivity index (χ0v) is 19.8. The summed E-state index contributed by atoms with van der Waals surface area (Å²) in [5.41, 5.74) is 4.63. The average molecular weight is 487 g/mol. The number of aromatic nitrogens is 1. The lowest BCUT2D eigenvalue weighted by Gasteiger charge is -2.18. The summed E-state index contributed by atoms with van der Waals surface area (Å²) in [6.45, 7) is 1.85. The molecule has 1 aromatic heterocycles. The van der Waals surface area contributed by atoms with E-state index in [0.29, 0.717) is 44.3 Å². The van der Waals surface area contributed by atoms with E-state index >= 15 is 0 Å². The molecule has 0 atom stereocenters. The Labute approximate surface area is 199 Å². The van der Waals surface area contributed by atoms with Gasteiger partial charge in [0, 0.05) is 36.4 Å². The summed E-state index contributed by atoms with van der Waals surface area (Å²) in [5.74, 6) is 2.22. The number of hydrogen-bond donors (Lipinski definition) is 2. The predicted molar refractivity (Wildman–Crippen MR) is 132 cm³/mol. The number of methoxy groups -OCH3 is 2. The van der Waals surface area contributed by atoms with Crippen LogP contribution in [0.5, 0.6) is 23.0 Å². The Morgan fingerprint density at radius 3 is 2.52 bits per heavy atom. The van der Waals surface area contributed by atoms with Gasteiger partial charge in [-0.2, -0.15) is 5.43 Å². The Morgan fingerprint density at radius 1 is 1.06 bits per heavy atom. The van der Waals surface area contributed by atoms with Gasteiger partial charge in [-0.3, -0.25) is 4.98 Å². The van der Waals surface area contributed by atoms with Crippen molar-refractivity contribution in [2.45, 2.75) is 12.8 Å². The van der Waals surface area contributed by atoms with Crippen LogP contribution in [0.4, 0.5) is 5.69 Å². The van der Waals surface area contributed by atoms with E-state index in [0.717, 1.165) is 42.3 Å². The van der Waals surface area contributed by atoms with Gasteiger partial charge in [0.1, 0.15) is 11.5 Å². The third-order valence-electron chi connectivity index (χ3n) is 5.13. The van der Waals surface area contributed by atoms with E-state index in [1.165, 1.54) is 0 Å². The minimum atomic E-state index is 0.408. The van der Waals surface area contributed by atoms with Crippen molar-refractivity contribution in [1.29, 1.82) is 0 Å². The zero-order chi connectivity index (χ0) is 23.2. The van der Waals surface area contributed by atoms with Crippen molar-refractivity contribution in [2.75, 3.05) is 32.6 Å². The molecule has 0 bridgehead atoms. The van der Waals surface area contributed by atoms with E-state index in [4.69, 9.17) is 25.8 Å². The summed E-state index contributed by atoms with van der Waals surface area (Å²) in [7, 11) is 4.08. The minimum absolute atomic E-state index is 0.408. The van der Waals surface area contributed by atoms with Gasteiger partial charge in [-0.25, -0.2) is 9.80 Å². The molecule has 8 nitrogen and oxygen atoms in total. The molecule has 0 amide bonds. The van der Waals surface area contributed by atoms with Gasteiger partial charge in [-0.15, -0.1) is 0 Å². The average Bonchev–Trinajstić information content (AvgIpc) is 3.33. The fourth-order valence-electron chi connectivity index (χ4n) is 3.54. The number of halogens is 1. The Kier molecular flexibility index (Phi) is 7.49. The van der Waals surface area contributed by atoms with Crippen LogP contribution >= 0.6 is 22.5 Å². The van der Waals surface area contributed by atoms with Crippen molar-refractivity contribution in [1.82, 2.24) is 15.4 Å². The first kappa shape index (κ1) is 23.1. The smallest absolute Gasteiger partial charge is 0.194 e. The number of ether oxygens (including phenoxy) is 3. The SMILES string of the molecule is COc1cc2nccc(Oc3ccc(NC(NN4CCCC4)=S=C=O)cc3Cl)c2cc1OC. The summed E-state index contributed by atoms with van der Waals surface area (Å²) >= 11 is 6.52. The van der Waals surface area contributed by atoms with E-state index in [1.807, 2.05) is 17.4 Å². The normalized spacial score (nSPS) is 13.4. The van der Waals surface area contributed by atoms with Gasteiger partial charge >= 0.3 is 0 Å². The molecule has 2 N–H and O–H groups in total. The topological polar surface area (TPSA) is 85.0 Å². The molecule has 0 radical (unpaired) electrons. The summed E-state index contributed by atoms with van der Waals surface area (Å²) < 4.78 is 16.9. The number of nitrogens with zero attached hydrogens (tertiary/aromatic N) is 2. The largest absolute Gasteiger partial charge is 0.493 e. The van der Waals surface area contributed by atoms with Gasteiger partial charge in [0.25, 0.3) is 0 Å². The Balaban J connectivity index is 1.57. The van der Waals surface area contributed by atoms with Crippen LogP contribution in [0.25, 0.3) is 10.9 Å². The van der Waals surface area contributed by atoms with Gasteiger partial charge in [-0.05, 0) is 54.1 Å². The van der Waals surface area contributed by atoms with E-state index in [2.05, 4.69) is 20.7 Å². The fourth-order valence-corrected chi connectivity index (χ4v) is 4.18. The van der Waals surface area contributed by atoms with Crippen molar-refractivity contribution in [3.05, 3.63) is 47.6 Å². The monoisotopic (exact) mass is 486 g/mol. The van der Waals surface area contributed by atoms with Crippen LogP contribution in [0.15, 0.2) is 42.6 Å². The molecule has 1 saturated heterocycles. The van der Waals surface area contributed by atoms with E-state index in [-0.39, 0.29) is 0 Å². The third-order valence-corrected chi connectivity index (χ3v) is 5.90. The van der Waals surface area contributed by atoms with E-state index in [1.54, 1.807) is 44.7 Å². The van der Waals surface area contributed by atoms with Gasteiger partial charge in [-0.1, -0.05) is 11.6 Å². The second kappa shape index (κ2) is 10.7. The molecule has 4 rings (SSSR count). The first-order valence-corrected chi connectivity index (χ1v) is 11.5. The van der Waals surface area contributed by atoms with Crippen LogP contribution < -0.4 is 25.0 Å². The number of rotatable bonds is 6. The molecule has 2 heterocycles. The van der Waals surface area contributed by atoms with Crippen molar-refractivity contribution < 1.29 is 19.0 Å². The Bertz CT molecular complexity index is 1250. The number of carbonyl (C=O) groups excluding carboxylic acids is 1. The zero-order valence-electron chi connectivity index (χ0n) is 18.2. The molecule has 33 heavy (non-hydrogen) atoms. The Morgan fingerprint density at radius 2 is 1.82 bits per heavy atom. The van der Waals surface area contributed by atoms with Crippen LogP contribution in [0, 0.1) is 0 Å². The molecule has 0 spiro atoms. The molecule has 0 saturated carbocycles. The quantitative estimate of drug-likeness (QED) is 0.489. The maximum absolute atomic E-state index is 10.9. The number of benzene rings is 2. The van der Waals surface area contributed by atoms with Crippen molar-refractivity contribution in [2.24, 2.45) is 0 Å². The molecule has 172 valence electrons. The second-order valence-corrected chi connectivity index (χ2v) is 8.41. The highest BCUT2D eigenvalue weighted by Gasteiger charge is 2.15. The molecule has 0 aliphatic carbocycles. The summed E-state index contributed by atoms with van der Waals surface area (Å²) in [5, 5.41) is 8.83. The Hall–Kier alpha value is -3.07. The van der Waals surface area contributed by atoms with Gasteiger partial charge in [0.2, 0.25) is 0 Å². The van der Waals surface area contributed by atoms with Gasteiger partial charge in [0.15, 0.2) is 21.8 Å². The molecule has 0 unspecified atom stereocenters. The lowest BCUT2D eigenvalue weighted by atomic mass is 10.2. The highest BCUT2D eigenvalue weighted by molar-refractivity contribution is 7.96. The maximum atomic E-state index is 10.9. The number of nitrogens with one attached hydrogen (secondary N) is 2. The number of fused-ring (bicyclic) bond motifs is 1. The van der Waals surface area contributed by atoms with Crippen LogP contribution in [0.1, 0.15) is 12.8 Å². The second-order valence-electron chi connectivity index (χ2n) is 7.23. The maximum Gasteiger partial charge on any atom is 0.194 e. The minimum Gasteiger partial charge on any atom is -0.493 e. The van der Waals surface area contributed by atoms with Gasteiger partial charge in [0.05, 0.1) is 24.8 Å². The molecule has 10 heteroatoms. The lowest BCUT2D eigenvalue weighted by molar-refractivity contribution is 0.297. The predicted octanol–water partition coefficient (Wildman–Crippen LogP) is 4.60. The van der Waals surface area contributed by atoms with Crippen LogP contribution in [-0.4, -0.2) is 47.6 Å². The fraction of sp³-hybridized carbons (Fsp3) is 0.261. The summed E-state index contributed by atoms with van der Waals surface area (Å²) in [6.07, 6.45) is 3.90. The molecular weight excluding hydrogens is 464 g/mol. The van der Waals surface area contributed by atoms with E-state index in [9.17, 15) is 4.79 Å². The molecule has 1 fully saturated rings. The highest BCUT2D eigenvalue weighted by atomic mass is 35.5. The van der Waals surface area contributed by atoms with Crippen molar-refractivity contribution >= 4 is 49.5 Å². The van der Waals surface area contributed by atoms with Crippen LogP contribution in [0.3, 0.4) is 0 Å². The molecule has 1 aliphatic heterocycles. The first-order valence-electron chi connectivity index (χ1n) is 10.3. The van der Waals surface area contributed by atoms with Crippen molar-refractivity contribution in [3.63, 3.8) is 0 Å². The standard InChI is InChI=1S/C23H23ClN4O4S/c1-30-21-12-16-18(13-22(21)31-2)25-8-7-19(16)32-20-6-5-15(11-17(20)24)26-23(33-14-29)27-28-9-3-4-10-28/h5-8,11-13,26-27H,3-4,9-10H2,1-2H3. The number of hydrogen-bond acceptors (Lipinski definition) is 6. The summed E-state index contributed by atoms with van der Waals surface area (Å²) in [4.78, 5) is 15.3. The number of anilines is 1. The molecule has 1 aliphatic rings. The van der Waals surface area contributed by atoms with Crippen LogP contribution in [0.2, 0.25) is 5.02 Å².